The normalized spacial score (nSPS) is 12.6. The van der Waals surface area contributed by atoms with Crippen LogP contribution in [0.5, 0.6) is 0 Å². The summed E-state index contributed by atoms with van der Waals surface area (Å²) in [6, 6.07) is 0. The average molecular weight is 1350 g/mol. The van der Waals surface area contributed by atoms with Gasteiger partial charge in [0.15, 0.2) is 12.2 Å². The van der Waals surface area contributed by atoms with Crippen LogP contribution in [0.2, 0.25) is 0 Å². The largest absolute Gasteiger partial charge is 0.462 e. The van der Waals surface area contributed by atoms with E-state index in [9.17, 15) is 28.8 Å². The highest BCUT2D eigenvalue weighted by atomic mass is 16.6. The third-order valence-corrected chi connectivity index (χ3v) is 18.3. The number of unbranched alkanes of at least 4 members (excludes halogenated alkanes) is 45. The molecule has 3 atom stereocenters. The number of carbonyl (C=O) groups excluding carboxylic acids is 6. The number of ether oxygens (including phenoxy) is 6. The predicted octanol–water partition coefficient (Wildman–Crippen LogP) is 24.9. The van der Waals surface area contributed by atoms with Crippen LogP contribution in [-0.2, 0) is 57.2 Å². The molecule has 0 saturated heterocycles. The van der Waals surface area contributed by atoms with Crippen LogP contribution in [0.1, 0.15) is 426 Å². The Morgan fingerprint density at radius 2 is 0.427 bits per heavy atom. The average Bonchev–Trinajstić information content (AvgIpc) is 1.61. The Morgan fingerprint density at radius 3 is 0.708 bits per heavy atom. The summed E-state index contributed by atoms with van der Waals surface area (Å²) in [7, 11) is 0. The predicted molar refractivity (Wildman–Crippen MR) is 400 cm³/mol. The summed E-state index contributed by atoms with van der Waals surface area (Å²) >= 11 is 0. The van der Waals surface area contributed by atoms with Gasteiger partial charge >= 0.3 is 35.8 Å². The lowest BCUT2D eigenvalue weighted by atomic mass is 10.0. The fourth-order valence-corrected chi connectivity index (χ4v) is 12.0. The van der Waals surface area contributed by atoms with Gasteiger partial charge in [-0.05, 0) is 128 Å². The number of rotatable bonds is 75. The van der Waals surface area contributed by atoms with Crippen molar-refractivity contribution in [2.45, 2.75) is 445 Å². The van der Waals surface area contributed by atoms with Crippen molar-refractivity contribution in [2.24, 2.45) is 0 Å². The maximum absolute atomic E-state index is 13.7. The van der Waals surface area contributed by atoms with Gasteiger partial charge < -0.3 is 28.4 Å². The molecule has 0 heterocycles. The van der Waals surface area contributed by atoms with Crippen LogP contribution < -0.4 is 0 Å². The minimum atomic E-state index is -0.931. The molecule has 0 fully saturated rings. The molecule has 0 rings (SSSR count). The maximum atomic E-state index is 13.7. The third-order valence-electron chi connectivity index (χ3n) is 18.3. The summed E-state index contributed by atoms with van der Waals surface area (Å²) in [6.07, 6.45) is 72.3. The van der Waals surface area contributed by atoms with E-state index in [1.54, 1.807) is 0 Å². The second kappa shape index (κ2) is 75.2. The van der Waals surface area contributed by atoms with E-state index in [0.717, 1.165) is 193 Å². The fraction of sp³-hybridized carbons (Fsp3) is 0.857. The van der Waals surface area contributed by atoms with Crippen molar-refractivity contribution in [1.82, 2.24) is 0 Å². The van der Waals surface area contributed by atoms with Gasteiger partial charge in [0.2, 0.25) is 0 Å². The highest BCUT2D eigenvalue weighted by molar-refractivity contribution is 5.72. The molecular formula is C84H152O12. The van der Waals surface area contributed by atoms with Crippen molar-refractivity contribution in [3.05, 3.63) is 36.5 Å². The van der Waals surface area contributed by atoms with Crippen molar-refractivity contribution in [3.63, 3.8) is 0 Å². The molecule has 560 valence electrons. The van der Waals surface area contributed by atoms with Crippen LogP contribution in [0.15, 0.2) is 36.5 Å². The topological polar surface area (TPSA) is 158 Å². The van der Waals surface area contributed by atoms with E-state index >= 15 is 0 Å². The summed E-state index contributed by atoms with van der Waals surface area (Å²) in [4.78, 5) is 79.2. The second-order valence-electron chi connectivity index (χ2n) is 27.9. The van der Waals surface area contributed by atoms with E-state index in [1.165, 1.54) is 122 Å². The fourth-order valence-electron chi connectivity index (χ4n) is 12.0. The molecule has 0 aliphatic carbocycles. The molecule has 0 saturated carbocycles. The molecule has 0 bridgehead atoms. The zero-order valence-electron chi connectivity index (χ0n) is 63.3. The number of allylic oxidation sites excluding steroid dienone is 6. The van der Waals surface area contributed by atoms with Gasteiger partial charge in [0.05, 0.1) is 0 Å². The number of esters is 6. The van der Waals surface area contributed by atoms with Crippen LogP contribution in [0.3, 0.4) is 0 Å². The van der Waals surface area contributed by atoms with Crippen molar-refractivity contribution in [3.8, 4) is 0 Å². The molecule has 96 heavy (non-hydrogen) atoms. The molecule has 0 aliphatic heterocycles. The van der Waals surface area contributed by atoms with E-state index in [2.05, 4.69) is 71.1 Å². The highest BCUT2D eigenvalue weighted by Crippen LogP contribution is 2.22. The van der Waals surface area contributed by atoms with E-state index in [-0.39, 0.29) is 81.8 Å². The van der Waals surface area contributed by atoms with Gasteiger partial charge in [-0.2, -0.15) is 0 Å². The van der Waals surface area contributed by atoms with Gasteiger partial charge in [0, 0.05) is 38.5 Å². The van der Waals surface area contributed by atoms with Crippen molar-refractivity contribution in [2.75, 3.05) is 19.8 Å². The Balaban J connectivity index is 5.79. The Hall–Kier alpha value is -3.96. The Morgan fingerprint density at radius 1 is 0.219 bits per heavy atom. The van der Waals surface area contributed by atoms with Crippen LogP contribution in [0.25, 0.3) is 0 Å². The lowest BCUT2D eigenvalue weighted by Gasteiger charge is -2.27. The van der Waals surface area contributed by atoms with Crippen molar-refractivity contribution < 1.29 is 57.2 Å². The minimum Gasteiger partial charge on any atom is -0.462 e. The zero-order valence-corrected chi connectivity index (χ0v) is 63.3. The number of hydrogen-bond acceptors (Lipinski definition) is 12. The first-order valence-electron chi connectivity index (χ1n) is 41.1. The lowest BCUT2D eigenvalue weighted by molar-refractivity contribution is -0.176. The Kier molecular flexibility index (Phi) is 72.1. The molecular weight excluding hydrogens is 1200 g/mol. The van der Waals surface area contributed by atoms with Gasteiger partial charge in [-0.1, -0.05) is 296 Å². The molecule has 0 amide bonds. The summed E-state index contributed by atoms with van der Waals surface area (Å²) in [6.45, 7) is 10.6. The maximum Gasteiger partial charge on any atom is 0.306 e. The van der Waals surface area contributed by atoms with Gasteiger partial charge in [-0.15, -0.1) is 0 Å². The Labute approximate surface area is 591 Å². The van der Waals surface area contributed by atoms with Crippen LogP contribution in [-0.4, -0.2) is 73.9 Å². The van der Waals surface area contributed by atoms with Gasteiger partial charge in [0.25, 0.3) is 0 Å². The molecule has 0 spiro atoms. The first kappa shape index (κ1) is 92.0. The summed E-state index contributed by atoms with van der Waals surface area (Å²) in [5.41, 5.74) is 0. The molecule has 0 radical (unpaired) electrons. The van der Waals surface area contributed by atoms with Crippen molar-refractivity contribution >= 4 is 35.8 Å². The standard InChI is InChI=1S/C84H152O12/c1-6-11-16-21-24-27-30-33-36-39-42-45-48-55-61-69-81(87)93-75-78(96-84(90)72-65-57-50-47-44-41-38-35-32-29-26-23-18-13-8-3)77(95-83(89)71-64-56-49-46-43-40-37-34-31-28-25-22-17-12-7-2)66-59-54-51-58-62-68-80(86)92-74-76(94-82(88)70-63-53-20-15-10-5)73-91-79(85)67-60-52-19-14-9-4/h33-38,76-78H,6-32,39-75H2,1-5H3. The molecule has 0 aliphatic rings. The highest BCUT2D eigenvalue weighted by Gasteiger charge is 2.30. The van der Waals surface area contributed by atoms with Gasteiger partial charge in [-0.25, -0.2) is 0 Å². The molecule has 0 aromatic carbocycles. The van der Waals surface area contributed by atoms with E-state index in [0.29, 0.717) is 44.9 Å². The first-order valence-corrected chi connectivity index (χ1v) is 41.1. The molecule has 0 aromatic heterocycles. The number of hydrogen-bond donors (Lipinski definition) is 0. The van der Waals surface area contributed by atoms with Gasteiger partial charge in [-0.3, -0.25) is 28.8 Å². The molecule has 0 aromatic rings. The summed E-state index contributed by atoms with van der Waals surface area (Å²) in [5, 5.41) is 0. The monoisotopic (exact) mass is 1350 g/mol. The van der Waals surface area contributed by atoms with Crippen LogP contribution >= 0.6 is 0 Å². The van der Waals surface area contributed by atoms with Crippen molar-refractivity contribution in [1.29, 1.82) is 0 Å². The third kappa shape index (κ3) is 68.6. The van der Waals surface area contributed by atoms with Crippen LogP contribution in [0.4, 0.5) is 0 Å². The number of carbonyl (C=O) groups is 6. The molecule has 12 nitrogen and oxygen atoms in total. The molecule has 3 unspecified atom stereocenters. The minimum absolute atomic E-state index is 0.158. The second-order valence-corrected chi connectivity index (χ2v) is 27.9. The molecule has 0 N–H and O–H groups in total. The zero-order chi connectivity index (χ0) is 69.9. The quantitative estimate of drug-likeness (QED) is 0.0246. The van der Waals surface area contributed by atoms with E-state index in [4.69, 9.17) is 28.4 Å². The van der Waals surface area contributed by atoms with Crippen LogP contribution in [0, 0.1) is 0 Å². The summed E-state index contributed by atoms with van der Waals surface area (Å²) in [5.74, 6) is -2.17. The SMILES string of the molecule is CCCCCCCCC=CCCCCCCCC(=O)OCC(OC(=O)CCCCCCCC=CCCCCCCCC)C(CCCCCCCC(=O)OCC(COC(=O)CCCCCCC)OC(=O)CCCCCCC)OC(=O)CCCCCCCC=CCCCCCCCC. The first-order chi connectivity index (χ1) is 47.1. The van der Waals surface area contributed by atoms with E-state index < -0.39 is 24.3 Å². The van der Waals surface area contributed by atoms with Gasteiger partial charge in [0.1, 0.15) is 25.9 Å². The summed E-state index contributed by atoms with van der Waals surface area (Å²) < 4.78 is 35.1. The molecule has 12 heteroatoms. The lowest BCUT2D eigenvalue weighted by Crippen LogP contribution is -2.39. The Bertz CT molecular complexity index is 1840. The smallest absolute Gasteiger partial charge is 0.306 e. The van der Waals surface area contributed by atoms with E-state index in [1.807, 2.05) is 0 Å².